The first-order chi connectivity index (χ1) is 8.66. The van der Waals surface area contributed by atoms with Gasteiger partial charge in [0.2, 0.25) is 0 Å². The molecule has 2 rings (SSSR count). The number of hydrogen-bond acceptors (Lipinski definition) is 4. The van der Waals surface area contributed by atoms with E-state index >= 15 is 0 Å². The molecule has 0 radical (unpaired) electrons. The van der Waals surface area contributed by atoms with Crippen LogP contribution < -0.4 is 5.73 Å². The first kappa shape index (κ1) is 14.3. The van der Waals surface area contributed by atoms with Crippen molar-refractivity contribution in [1.82, 2.24) is 14.7 Å². The van der Waals surface area contributed by atoms with Gasteiger partial charge in [-0.25, -0.2) is 0 Å². The molecule has 0 atom stereocenters. The number of likely N-dealkylation sites (N-methyl/N-ethyl adjacent to an activating group) is 1. The van der Waals surface area contributed by atoms with E-state index in [-0.39, 0.29) is 5.54 Å². The standard InChI is InChI=1S/C14H30N4/c1-16-9-5-14(13-15,6-10-16)17(2)11-12-18-7-3-4-8-18/h3-13,15H2,1-2H3. The van der Waals surface area contributed by atoms with E-state index < -0.39 is 0 Å². The fourth-order valence-corrected chi connectivity index (χ4v) is 3.31. The zero-order chi connectivity index (χ0) is 13.0. The number of nitrogens with zero attached hydrogens (tertiary/aromatic N) is 3. The Kier molecular flexibility index (Phi) is 5.01. The molecule has 2 fully saturated rings. The number of piperidine rings is 1. The third-order valence-electron chi connectivity index (χ3n) is 5.06. The second-order valence-corrected chi connectivity index (χ2v) is 6.20. The molecule has 0 spiro atoms. The lowest BCUT2D eigenvalue weighted by atomic mass is 9.86. The average Bonchev–Trinajstić information content (AvgIpc) is 2.90. The van der Waals surface area contributed by atoms with E-state index in [1.807, 2.05) is 0 Å². The van der Waals surface area contributed by atoms with Gasteiger partial charge in [-0.2, -0.15) is 0 Å². The van der Waals surface area contributed by atoms with Gasteiger partial charge in [-0.15, -0.1) is 0 Å². The van der Waals surface area contributed by atoms with Gasteiger partial charge in [-0.1, -0.05) is 0 Å². The molecule has 0 saturated carbocycles. The van der Waals surface area contributed by atoms with E-state index in [0.29, 0.717) is 0 Å². The van der Waals surface area contributed by atoms with Gasteiger partial charge in [0.15, 0.2) is 0 Å². The third-order valence-corrected chi connectivity index (χ3v) is 5.06. The Morgan fingerprint density at radius 2 is 1.72 bits per heavy atom. The highest BCUT2D eigenvalue weighted by molar-refractivity contribution is 4.95. The van der Waals surface area contributed by atoms with Crippen LogP contribution in [0.4, 0.5) is 0 Å². The van der Waals surface area contributed by atoms with Crippen molar-refractivity contribution in [3.63, 3.8) is 0 Å². The molecule has 18 heavy (non-hydrogen) atoms. The lowest BCUT2D eigenvalue weighted by Crippen LogP contribution is -2.58. The largest absolute Gasteiger partial charge is 0.329 e. The van der Waals surface area contributed by atoms with Crippen LogP contribution in [0.5, 0.6) is 0 Å². The smallest absolute Gasteiger partial charge is 0.0353 e. The van der Waals surface area contributed by atoms with Crippen LogP contribution in [-0.4, -0.2) is 80.1 Å². The summed E-state index contributed by atoms with van der Waals surface area (Å²) in [7, 11) is 4.49. The number of nitrogens with two attached hydrogens (primary N) is 1. The average molecular weight is 254 g/mol. The first-order valence-corrected chi connectivity index (χ1v) is 7.48. The van der Waals surface area contributed by atoms with Crippen LogP contribution >= 0.6 is 0 Å². The van der Waals surface area contributed by atoms with Crippen molar-refractivity contribution in [3.05, 3.63) is 0 Å². The van der Waals surface area contributed by atoms with Crippen molar-refractivity contribution in [1.29, 1.82) is 0 Å². The van der Waals surface area contributed by atoms with E-state index in [1.54, 1.807) is 0 Å². The van der Waals surface area contributed by atoms with Crippen LogP contribution in [0, 0.1) is 0 Å². The number of hydrogen-bond donors (Lipinski definition) is 1. The van der Waals surface area contributed by atoms with Crippen molar-refractivity contribution in [2.45, 2.75) is 31.2 Å². The third kappa shape index (κ3) is 3.23. The minimum absolute atomic E-state index is 0.256. The van der Waals surface area contributed by atoms with Gasteiger partial charge < -0.3 is 15.5 Å². The predicted molar refractivity (Wildman–Crippen MR) is 76.8 cm³/mol. The molecule has 106 valence electrons. The number of rotatable bonds is 5. The second kappa shape index (κ2) is 6.33. The summed E-state index contributed by atoms with van der Waals surface area (Å²) in [6.45, 7) is 8.15. The Bertz CT molecular complexity index is 242. The normalized spacial score (nSPS) is 26.0. The van der Waals surface area contributed by atoms with Gasteiger partial charge in [0.05, 0.1) is 0 Å². The Morgan fingerprint density at radius 3 is 2.28 bits per heavy atom. The summed E-state index contributed by atoms with van der Waals surface area (Å²) in [5.41, 5.74) is 6.35. The Labute approximate surface area is 112 Å². The summed E-state index contributed by atoms with van der Waals surface area (Å²) in [5.74, 6) is 0. The Hall–Kier alpha value is -0.160. The summed E-state index contributed by atoms with van der Waals surface area (Å²) in [6.07, 6.45) is 5.21. The predicted octanol–water partition coefficient (Wildman–Crippen LogP) is 0.437. The fourth-order valence-electron chi connectivity index (χ4n) is 3.31. The molecule has 0 aliphatic carbocycles. The van der Waals surface area contributed by atoms with Crippen molar-refractivity contribution < 1.29 is 0 Å². The van der Waals surface area contributed by atoms with Crippen molar-refractivity contribution in [2.24, 2.45) is 5.73 Å². The van der Waals surface area contributed by atoms with Crippen LogP contribution in [-0.2, 0) is 0 Å². The van der Waals surface area contributed by atoms with Crippen LogP contribution in [0.3, 0.4) is 0 Å². The molecule has 0 aromatic heterocycles. The molecule has 0 amide bonds. The van der Waals surface area contributed by atoms with Crippen LogP contribution in [0.25, 0.3) is 0 Å². The molecule has 2 heterocycles. The lowest BCUT2D eigenvalue weighted by Gasteiger charge is -2.46. The van der Waals surface area contributed by atoms with Crippen LogP contribution in [0.2, 0.25) is 0 Å². The molecule has 2 N–H and O–H groups in total. The zero-order valence-corrected chi connectivity index (χ0v) is 12.2. The maximum absolute atomic E-state index is 6.09. The summed E-state index contributed by atoms with van der Waals surface area (Å²) >= 11 is 0. The second-order valence-electron chi connectivity index (χ2n) is 6.20. The SMILES string of the molecule is CN1CCC(CN)(N(C)CCN2CCCC2)CC1. The minimum atomic E-state index is 0.256. The van der Waals surface area contributed by atoms with E-state index in [4.69, 9.17) is 5.73 Å². The molecule has 4 heteroatoms. The summed E-state index contributed by atoms with van der Waals surface area (Å²) in [4.78, 5) is 7.55. The highest BCUT2D eigenvalue weighted by atomic mass is 15.2. The van der Waals surface area contributed by atoms with Gasteiger partial charge in [-0.3, -0.25) is 4.90 Å². The van der Waals surface area contributed by atoms with E-state index in [0.717, 1.165) is 6.54 Å². The van der Waals surface area contributed by atoms with E-state index in [9.17, 15) is 0 Å². The fraction of sp³-hybridized carbons (Fsp3) is 1.00. The first-order valence-electron chi connectivity index (χ1n) is 7.48. The summed E-state index contributed by atoms with van der Waals surface area (Å²) in [5, 5.41) is 0. The Morgan fingerprint density at radius 1 is 1.11 bits per heavy atom. The maximum atomic E-state index is 6.09. The van der Waals surface area contributed by atoms with Gasteiger partial charge in [0.25, 0.3) is 0 Å². The summed E-state index contributed by atoms with van der Waals surface area (Å²) in [6, 6.07) is 0. The van der Waals surface area contributed by atoms with Crippen molar-refractivity contribution in [2.75, 3.05) is 59.9 Å². The molecule has 2 aliphatic heterocycles. The molecular formula is C14H30N4. The lowest BCUT2D eigenvalue weighted by molar-refractivity contribution is 0.0483. The maximum Gasteiger partial charge on any atom is 0.0353 e. The van der Waals surface area contributed by atoms with E-state index in [1.165, 1.54) is 65.0 Å². The monoisotopic (exact) mass is 254 g/mol. The molecule has 4 nitrogen and oxygen atoms in total. The molecule has 2 saturated heterocycles. The molecule has 0 bridgehead atoms. The molecule has 0 aromatic carbocycles. The van der Waals surface area contributed by atoms with Crippen molar-refractivity contribution in [3.8, 4) is 0 Å². The minimum Gasteiger partial charge on any atom is -0.329 e. The molecule has 0 unspecified atom stereocenters. The van der Waals surface area contributed by atoms with Gasteiger partial charge in [0.1, 0.15) is 0 Å². The highest BCUT2D eigenvalue weighted by Gasteiger charge is 2.36. The highest BCUT2D eigenvalue weighted by Crippen LogP contribution is 2.26. The van der Waals surface area contributed by atoms with Crippen LogP contribution in [0.1, 0.15) is 25.7 Å². The quantitative estimate of drug-likeness (QED) is 0.772. The molecule has 0 aromatic rings. The summed E-state index contributed by atoms with van der Waals surface area (Å²) < 4.78 is 0. The van der Waals surface area contributed by atoms with Crippen LogP contribution in [0.15, 0.2) is 0 Å². The van der Waals surface area contributed by atoms with Gasteiger partial charge in [-0.05, 0) is 66.0 Å². The zero-order valence-electron chi connectivity index (χ0n) is 12.2. The van der Waals surface area contributed by atoms with Gasteiger partial charge in [0, 0.05) is 25.2 Å². The van der Waals surface area contributed by atoms with Gasteiger partial charge >= 0.3 is 0 Å². The van der Waals surface area contributed by atoms with E-state index in [2.05, 4.69) is 28.8 Å². The molecule has 2 aliphatic rings. The topological polar surface area (TPSA) is 35.7 Å². The van der Waals surface area contributed by atoms with Crippen molar-refractivity contribution >= 4 is 0 Å². The molecular weight excluding hydrogens is 224 g/mol. The Balaban J connectivity index is 1.82. The number of likely N-dealkylation sites (tertiary alicyclic amines) is 2.